The van der Waals surface area contributed by atoms with Crippen LogP contribution in [0, 0.1) is 13.8 Å². The highest BCUT2D eigenvalue weighted by molar-refractivity contribution is 5.86. The van der Waals surface area contributed by atoms with Gasteiger partial charge in [0, 0.05) is 5.56 Å². The maximum Gasteiger partial charge on any atom is 0.387 e. The number of amides is 1. The van der Waals surface area contributed by atoms with Crippen LogP contribution in [-0.4, -0.2) is 32.4 Å². The van der Waals surface area contributed by atoms with Crippen molar-refractivity contribution in [3.8, 4) is 17.2 Å². The van der Waals surface area contributed by atoms with Crippen LogP contribution < -0.4 is 19.6 Å². The minimum Gasteiger partial charge on any atom is -0.493 e. The summed E-state index contributed by atoms with van der Waals surface area (Å²) in [6, 6.07) is 10.1. The van der Waals surface area contributed by atoms with Crippen LogP contribution >= 0.6 is 0 Å². The van der Waals surface area contributed by atoms with Crippen LogP contribution in [0.15, 0.2) is 41.5 Å². The minimum atomic E-state index is -3.02. The maximum atomic E-state index is 12.6. The van der Waals surface area contributed by atoms with Crippen molar-refractivity contribution in [1.29, 1.82) is 0 Å². The molecular formula is C19H20F2N2O4. The first-order valence-electron chi connectivity index (χ1n) is 8.04. The van der Waals surface area contributed by atoms with Gasteiger partial charge in [-0.05, 0) is 49.2 Å². The normalized spacial score (nSPS) is 10.9. The van der Waals surface area contributed by atoms with Crippen molar-refractivity contribution in [2.75, 3.05) is 13.7 Å². The fourth-order valence-corrected chi connectivity index (χ4v) is 2.17. The van der Waals surface area contributed by atoms with Crippen LogP contribution in [0.2, 0.25) is 0 Å². The number of aryl methyl sites for hydroxylation is 2. The molecule has 27 heavy (non-hydrogen) atoms. The van der Waals surface area contributed by atoms with Crippen molar-refractivity contribution in [1.82, 2.24) is 5.43 Å². The van der Waals surface area contributed by atoms with E-state index in [0.29, 0.717) is 5.75 Å². The fourth-order valence-electron chi connectivity index (χ4n) is 2.17. The van der Waals surface area contributed by atoms with E-state index in [2.05, 4.69) is 15.3 Å². The van der Waals surface area contributed by atoms with E-state index in [4.69, 9.17) is 9.47 Å². The number of hydrogen-bond donors (Lipinski definition) is 1. The number of ether oxygens (including phenoxy) is 3. The van der Waals surface area contributed by atoms with Crippen LogP contribution in [0.4, 0.5) is 8.78 Å². The van der Waals surface area contributed by atoms with Crippen molar-refractivity contribution in [3.63, 3.8) is 0 Å². The fraction of sp³-hybridized carbons (Fsp3) is 0.263. The Kier molecular flexibility index (Phi) is 7.10. The second-order valence-electron chi connectivity index (χ2n) is 5.59. The molecule has 1 amide bonds. The molecule has 2 aromatic carbocycles. The molecule has 0 spiro atoms. The second-order valence-corrected chi connectivity index (χ2v) is 5.59. The van der Waals surface area contributed by atoms with E-state index in [9.17, 15) is 13.6 Å². The Balaban J connectivity index is 1.96. The monoisotopic (exact) mass is 378 g/mol. The number of para-hydroxylation sites is 1. The Hall–Kier alpha value is -3.16. The Morgan fingerprint density at radius 1 is 1.22 bits per heavy atom. The summed E-state index contributed by atoms with van der Waals surface area (Å²) >= 11 is 0. The van der Waals surface area contributed by atoms with Crippen molar-refractivity contribution in [3.05, 3.63) is 53.1 Å². The molecule has 0 atom stereocenters. The van der Waals surface area contributed by atoms with Gasteiger partial charge in [0.2, 0.25) is 0 Å². The smallest absolute Gasteiger partial charge is 0.387 e. The first-order valence-corrected chi connectivity index (χ1v) is 8.04. The van der Waals surface area contributed by atoms with Gasteiger partial charge in [-0.2, -0.15) is 13.9 Å². The van der Waals surface area contributed by atoms with E-state index in [1.807, 2.05) is 26.0 Å². The molecule has 2 aromatic rings. The number of nitrogens with zero attached hydrogens (tertiary/aromatic N) is 1. The van der Waals surface area contributed by atoms with E-state index >= 15 is 0 Å². The number of alkyl halides is 2. The summed E-state index contributed by atoms with van der Waals surface area (Å²) in [6.45, 7) is 0.665. The summed E-state index contributed by atoms with van der Waals surface area (Å²) in [6.07, 6.45) is 1.19. The van der Waals surface area contributed by atoms with Gasteiger partial charge in [0.05, 0.1) is 13.3 Å². The minimum absolute atomic E-state index is 0.128. The lowest BCUT2D eigenvalue weighted by atomic mass is 10.1. The quantitative estimate of drug-likeness (QED) is 0.564. The van der Waals surface area contributed by atoms with E-state index < -0.39 is 12.5 Å². The maximum absolute atomic E-state index is 12.6. The molecule has 8 heteroatoms. The van der Waals surface area contributed by atoms with E-state index in [-0.39, 0.29) is 23.7 Å². The van der Waals surface area contributed by atoms with Gasteiger partial charge in [0.15, 0.2) is 18.1 Å². The molecule has 0 heterocycles. The van der Waals surface area contributed by atoms with Gasteiger partial charge >= 0.3 is 6.61 Å². The van der Waals surface area contributed by atoms with Gasteiger partial charge in [0.1, 0.15) is 5.75 Å². The lowest BCUT2D eigenvalue weighted by Crippen LogP contribution is -2.24. The zero-order chi connectivity index (χ0) is 19.8. The molecule has 0 radical (unpaired) electrons. The lowest BCUT2D eigenvalue weighted by molar-refractivity contribution is -0.123. The molecule has 0 aliphatic carbocycles. The molecule has 0 aliphatic heterocycles. The number of methoxy groups -OCH3 is 1. The average Bonchev–Trinajstić information content (AvgIpc) is 2.63. The average molecular weight is 378 g/mol. The second kappa shape index (κ2) is 9.51. The summed E-state index contributed by atoms with van der Waals surface area (Å²) in [5, 5.41) is 3.74. The van der Waals surface area contributed by atoms with Crippen molar-refractivity contribution < 1.29 is 27.8 Å². The number of nitrogens with one attached hydrogen (secondary N) is 1. The number of carbonyl (C=O) groups excluding carboxylic acids is 1. The molecule has 0 aliphatic rings. The third-order valence-electron chi connectivity index (χ3n) is 3.68. The molecule has 0 saturated carbocycles. The standard InChI is InChI=1S/C19H20F2N2O4/c1-12-7-8-15(9-13(12)2)26-11-17(24)23-22-10-14-5-4-6-16(25-3)18(14)27-19(20)21/h4-10,19H,11H2,1-3H3,(H,23,24)/b22-10-. The molecule has 144 valence electrons. The number of rotatable bonds is 8. The number of halogens is 2. The molecule has 0 bridgehead atoms. The molecule has 0 saturated heterocycles. The van der Waals surface area contributed by atoms with Gasteiger partial charge in [-0.1, -0.05) is 12.1 Å². The van der Waals surface area contributed by atoms with Crippen LogP contribution in [-0.2, 0) is 4.79 Å². The first kappa shape index (κ1) is 20.2. The largest absolute Gasteiger partial charge is 0.493 e. The molecule has 1 N–H and O–H groups in total. The molecular weight excluding hydrogens is 358 g/mol. The predicted octanol–water partition coefficient (Wildman–Crippen LogP) is 3.44. The highest BCUT2D eigenvalue weighted by Gasteiger charge is 2.14. The highest BCUT2D eigenvalue weighted by Crippen LogP contribution is 2.31. The van der Waals surface area contributed by atoms with Crippen molar-refractivity contribution in [2.45, 2.75) is 20.5 Å². The molecule has 0 unspecified atom stereocenters. The van der Waals surface area contributed by atoms with E-state index in [1.165, 1.54) is 25.5 Å². The molecule has 6 nitrogen and oxygen atoms in total. The Bertz CT molecular complexity index is 825. The van der Waals surface area contributed by atoms with Gasteiger partial charge in [0.25, 0.3) is 5.91 Å². The summed E-state index contributed by atoms with van der Waals surface area (Å²) in [7, 11) is 1.33. The van der Waals surface area contributed by atoms with E-state index in [1.54, 1.807) is 12.1 Å². The van der Waals surface area contributed by atoms with Crippen molar-refractivity contribution in [2.24, 2.45) is 5.10 Å². The number of hydrogen-bond acceptors (Lipinski definition) is 5. The topological polar surface area (TPSA) is 69.2 Å². The van der Waals surface area contributed by atoms with Gasteiger partial charge < -0.3 is 14.2 Å². The summed E-state index contributed by atoms with van der Waals surface area (Å²) in [4.78, 5) is 11.8. The summed E-state index contributed by atoms with van der Waals surface area (Å²) in [5.74, 6) is 0.0318. The summed E-state index contributed by atoms with van der Waals surface area (Å²) < 4.78 is 40.0. The number of carbonyl (C=O) groups is 1. The highest BCUT2D eigenvalue weighted by atomic mass is 19.3. The predicted molar refractivity (Wildman–Crippen MR) is 96.8 cm³/mol. The van der Waals surface area contributed by atoms with Gasteiger partial charge in [-0.3, -0.25) is 4.79 Å². The zero-order valence-electron chi connectivity index (χ0n) is 15.2. The summed E-state index contributed by atoms with van der Waals surface area (Å²) in [5.41, 5.74) is 4.67. The third kappa shape index (κ3) is 5.95. The zero-order valence-corrected chi connectivity index (χ0v) is 15.2. The van der Waals surface area contributed by atoms with Crippen molar-refractivity contribution >= 4 is 12.1 Å². The molecule has 0 fully saturated rings. The van der Waals surface area contributed by atoms with Crippen LogP contribution in [0.3, 0.4) is 0 Å². The lowest BCUT2D eigenvalue weighted by Gasteiger charge is -2.12. The van der Waals surface area contributed by atoms with Gasteiger partial charge in [-0.25, -0.2) is 5.43 Å². The Morgan fingerprint density at radius 3 is 2.67 bits per heavy atom. The number of hydrazone groups is 1. The molecule has 2 rings (SSSR count). The van der Waals surface area contributed by atoms with Crippen LogP contribution in [0.5, 0.6) is 17.2 Å². The molecule has 0 aromatic heterocycles. The van der Waals surface area contributed by atoms with E-state index in [0.717, 1.165) is 11.1 Å². The van der Waals surface area contributed by atoms with Crippen LogP contribution in [0.1, 0.15) is 16.7 Å². The SMILES string of the molecule is COc1cccc(/C=N\NC(=O)COc2ccc(C)c(C)c2)c1OC(F)F. The first-order chi connectivity index (χ1) is 12.9. The number of benzene rings is 2. The third-order valence-corrected chi connectivity index (χ3v) is 3.68. The Morgan fingerprint density at radius 2 is 2.00 bits per heavy atom. The Labute approximate surface area is 155 Å². The van der Waals surface area contributed by atoms with Crippen LogP contribution in [0.25, 0.3) is 0 Å². The van der Waals surface area contributed by atoms with Gasteiger partial charge in [-0.15, -0.1) is 0 Å².